The number of carbonyl (C=O) groups excluding carboxylic acids is 1. The molecule has 0 aliphatic carbocycles. The molecule has 0 aliphatic rings. The third-order valence-corrected chi connectivity index (χ3v) is 4.22. The number of H-pyrrole nitrogens is 1. The van der Waals surface area contributed by atoms with Gasteiger partial charge in [0.1, 0.15) is 0 Å². The quantitative estimate of drug-likeness (QED) is 0.594. The van der Waals surface area contributed by atoms with Gasteiger partial charge in [-0.05, 0) is 27.2 Å². The summed E-state index contributed by atoms with van der Waals surface area (Å²) >= 11 is 1.56. The Morgan fingerprint density at radius 2 is 2.14 bits per heavy atom. The molecule has 120 valence electrons. The Morgan fingerprint density at radius 3 is 2.82 bits per heavy atom. The van der Waals surface area contributed by atoms with Gasteiger partial charge in [0.2, 0.25) is 0 Å². The van der Waals surface area contributed by atoms with Crippen molar-refractivity contribution in [2.24, 2.45) is 0 Å². The molecule has 2 N–H and O–H groups in total. The van der Waals surface area contributed by atoms with Crippen LogP contribution in [0.15, 0.2) is 5.38 Å². The molecule has 0 fully saturated rings. The van der Waals surface area contributed by atoms with Crippen LogP contribution in [0.4, 0.5) is 5.13 Å². The lowest BCUT2D eigenvalue weighted by Crippen LogP contribution is -2.07. The van der Waals surface area contributed by atoms with E-state index < -0.39 is 0 Å². The highest BCUT2D eigenvalue weighted by atomic mass is 32.1. The number of aromatic amines is 1. The first-order chi connectivity index (χ1) is 10.6. The molecule has 22 heavy (non-hydrogen) atoms. The fraction of sp³-hybridized carbons (Fsp3) is 0.500. The number of anilines is 1. The van der Waals surface area contributed by atoms with E-state index in [9.17, 15) is 4.79 Å². The van der Waals surface area contributed by atoms with Gasteiger partial charge in [0, 0.05) is 28.9 Å². The van der Waals surface area contributed by atoms with E-state index in [-0.39, 0.29) is 5.97 Å². The predicted molar refractivity (Wildman–Crippen MR) is 90.7 cm³/mol. The zero-order chi connectivity index (χ0) is 16.1. The highest BCUT2D eigenvalue weighted by molar-refractivity contribution is 7.14. The molecule has 0 unspecified atom stereocenters. The van der Waals surface area contributed by atoms with Gasteiger partial charge in [-0.25, -0.2) is 9.78 Å². The van der Waals surface area contributed by atoms with Crippen LogP contribution >= 0.6 is 11.3 Å². The first kappa shape index (κ1) is 16.5. The molecule has 0 amide bonds. The van der Waals surface area contributed by atoms with Crippen molar-refractivity contribution in [2.45, 2.75) is 40.5 Å². The second kappa shape index (κ2) is 7.45. The lowest BCUT2D eigenvalue weighted by molar-refractivity contribution is 0.0526. The molecule has 2 aromatic rings. The van der Waals surface area contributed by atoms with Crippen molar-refractivity contribution in [3.63, 3.8) is 0 Å². The third kappa shape index (κ3) is 3.50. The summed E-state index contributed by atoms with van der Waals surface area (Å²) in [6.45, 7) is 9.09. The monoisotopic (exact) mass is 321 g/mol. The minimum Gasteiger partial charge on any atom is -0.462 e. The molecule has 0 atom stereocenters. The van der Waals surface area contributed by atoms with Gasteiger partial charge in [0.05, 0.1) is 17.9 Å². The van der Waals surface area contributed by atoms with Crippen LogP contribution < -0.4 is 5.32 Å². The normalized spacial score (nSPS) is 10.7. The van der Waals surface area contributed by atoms with Crippen molar-refractivity contribution in [2.75, 3.05) is 18.5 Å². The predicted octanol–water partition coefficient (Wildman–Crippen LogP) is 4.14. The average molecular weight is 321 g/mol. The number of nitrogens with one attached hydrogen (secondary N) is 2. The summed E-state index contributed by atoms with van der Waals surface area (Å²) in [6, 6.07) is 0. The molecule has 0 saturated carbocycles. The van der Waals surface area contributed by atoms with Crippen LogP contribution in [0.25, 0.3) is 11.3 Å². The van der Waals surface area contributed by atoms with E-state index in [4.69, 9.17) is 4.74 Å². The van der Waals surface area contributed by atoms with Crippen LogP contribution in [-0.4, -0.2) is 29.1 Å². The smallest absolute Gasteiger partial charge is 0.340 e. The summed E-state index contributed by atoms with van der Waals surface area (Å²) in [5, 5.41) is 6.18. The fourth-order valence-corrected chi connectivity index (χ4v) is 3.13. The van der Waals surface area contributed by atoms with E-state index in [2.05, 4.69) is 22.2 Å². The molecule has 2 aromatic heterocycles. The largest absolute Gasteiger partial charge is 0.462 e. The van der Waals surface area contributed by atoms with Gasteiger partial charge in [-0.3, -0.25) is 0 Å². The highest BCUT2D eigenvalue weighted by Crippen LogP contribution is 2.32. The second-order valence-electron chi connectivity index (χ2n) is 5.16. The maximum Gasteiger partial charge on any atom is 0.340 e. The Kier molecular flexibility index (Phi) is 5.60. The number of hydrogen-bond acceptors (Lipinski definition) is 5. The van der Waals surface area contributed by atoms with Crippen LogP contribution in [0, 0.1) is 13.8 Å². The lowest BCUT2D eigenvalue weighted by atomic mass is 10.1. The summed E-state index contributed by atoms with van der Waals surface area (Å²) in [4.78, 5) is 20.0. The van der Waals surface area contributed by atoms with E-state index in [0.29, 0.717) is 12.2 Å². The SMILES string of the molecule is CCCCNc1nc(-c2c(C)[nH]c(C)c2C(=O)OCC)cs1. The summed E-state index contributed by atoms with van der Waals surface area (Å²) in [7, 11) is 0. The Hall–Kier alpha value is -1.82. The molecular weight excluding hydrogens is 298 g/mol. The topological polar surface area (TPSA) is 67.0 Å². The fourth-order valence-electron chi connectivity index (χ4n) is 2.40. The van der Waals surface area contributed by atoms with Crippen LogP contribution in [0.3, 0.4) is 0 Å². The van der Waals surface area contributed by atoms with Crippen molar-refractivity contribution in [1.82, 2.24) is 9.97 Å². The number of thiazole rings is 1. The minimum atomic E-state index is -0.298. The van der Waals surface area contributed by atoms with Crippen LogP contribution in [0.2, 0.25) is 0 Å². The van der Waals surface area contributed by atoms with Crippen LogP contribution in [0.1, 0.15) is 48.4 Å². The number of rotatable bonds is 7. The Labute approximate surface area is 135 Å². The number of aryl methyl sites for hydroxylation is 2. The summed E-state index contributed by atoms with van der Waals surface area (Å²) < 4.78 is 5.17. The van der Waals surface area contributed by atoms with Gasteiger partial charge in [0.15, 0.2) is 5.13 Å². The number of nitrogens with zero attached hydrogens (tertiary/aromatic N) is 1. The van der Waals surface area contributed by atoms with Crippen molar-refractivity contribution >= 4 is 22.4 Å². The summed E-state index contributed by atoms with van der Waals surface area (Å²) in [5.41, 5.74) is 4.00. The maximum atomic E-state index is 12.2. The first-order valence-electron chi connectivity index (χ1n) is 7.64. The van der Waals surface area contributed by atoms with Gasteiger partial charge >= 0.3 is 5.97 Å². The minimum absolute atomic E-state index is 0.298. The van der Waals surface area contributed by atoms with Gasteiger partial charge in [-0.2, -0.15) is 0 Å². The van der Waals surface area contributed by atoms with E-state index in [1.807, 2.05) is 26.2 Å². The molecule has 0 radical (unpaired) electrons. The van der Waals surface area contributed by atoms with Crippen molar-refractivity contribution < 1.29 is 9.53 Å². The number of aromatic nitrogens is 2. The molecule has 0 spiro atoms. The number of esters is 1. The van der Waals surface area contributed by atoms with E-state index >= 15 is 0 Å². The number of ether oxygens (including phenoxy) is 1. The highest BCUT2D eigenvalue weighted by Gasteiger charge is 2.23. The van der Waals surface area contributed by atoms with Crippen molar-refractivity contribution in [1.29, 1.82) is 0 Å². The van der Waals surface area contributed by atoms with Gasteiger partial charge in [0.25, 0.3) is 0 Å². The molecule has 0 saturated heterocycles. The Bertz CT molecular complexity index is 646. The zero-order valence-electron chi connectivity index (χ0n) is 13.6. The summed E-state index contributed by atoms with van der Waals surface area (Å²) in [5.74, 6) is -0.298. The number of hydrogen-bond donors (Lipinski definition) is 2. The van der Waals surface area contributed by atoms with Gasteiger partial charge in [-0.1, -0.05) is 13.3 Å². The van der Waals surface area contributed by atoms with Crippen LogP contribution in [-0.2, 0) is 4.74 Å². The molecule has 6 heteroatoms. The molecular formula is C16H23N3O2S. The van der Waals surface area contributed by atoms with Crippen molar-refractivity contribution in [3.8, 4) is 11.3 Å². The molecule has 2 heterocycles. The van der Waals surface area contributed by atoms with Gasteiger partial charge in [-0.15, -0.1) is 11.3 Å². The van der Waals surface area contributed by atoms with Gasteiger partial charge < -0.3 is 15.0 Å². The molecule has 5 nitrogen and oxygen atoms in total. The average Bonchev–Trinajstić information content (AvgIpc) is 3.03. The molecule has 0 aliphatic heterocycles. The standard InChI is InChI=1S/C16H23N3O2S/c1-5-7-8-17-16-19-12(9-22-16)13-10(3)18-11(4)14(13)15(20)21-6-2/h9,18H,5-8H2,1-4H3,(H,17,19). The zero-order valence-corrected chi connectivity index (χ0v) is 14.4. The third-order valence-electron chi connectivity index (χ3n) is 3.42. The number of unbranched alkanes of at least 4 members (excludes halogenated alkanes) is 1. The molecule has 0 aromatic carbocycles. The maximum absolute atomic E-state index is 12.2. The number of carbonyl (C=O) groups is 1. The second-order valence-corrected chi connectivity index (χ2v) is 6.02. The summed E-state index contributed by atoms with van der Waals surface area (Å²) in [6.07, 6.45) is 2.26. The van der Waals surface area contributed by atoms with E-state index in [0.717, 1.165) is 47.2 Å². The van der Waals surface area contributed by atoms with Crippen molar-refractivity contribution in [3.05, 3.63) is 22.3 Å². The Balaban J connectivity index is 2.30. The molecule has 2 rings (SSSR count). The lowest BCUT2D eigenvalue weighted by Gasteiger charge is -2.04. The Morgan fingerprint density at radius 1 is 1.36 bits per heavy atom. The van der Waals surface area contributed by atoms with Crippen LogP contribution in [0.5, 0.6) is 0 Å². The van der Waals surface area contributed by atoms with E-state index in [1.54, 1.807) is 11.3 Å². The molecule has 0 bridgehead atoms. The first-order valence-corrected chi connectivity index (χ1v) is 8.52. The van der Waals surface area contributed by atoms with E-state index in [1.165, 1.54) is 0 Å².